The molecule has 0 aromatic carbocycles. The molecular weight excluding hydrogens is 418 g/mol. The van der Waals surface area contributed by atoms with Gasteiger partial charge in [-0.05, 0) is 67.6 Å². The Kier molecular flexibility index (Phi) is 6.10. The number of aryl methyl sites for hydroxylation is 1. The number of aromatic nitrogens is 3. The van der Waals surface area contributed by atoms with Crippen LogP contribution in [0.4, 0.5) is 0 Å². The van der Waals surface area contributed by atoms with Crippen molar-refractivity contribution in [2.24, 2.45) is 5.92 Å². The highest BCUT2D eigenvalue weighted by atomic mass is 32.1. The van der Waals surface area contributed by atoms with E-state index in [1.807, 2.05) is 6.07 Å². The summed E-state index contributed by atoms with van der Waals surface area (Å²) in [5, 5.41) is 8.05. The van der Waals surface area contributed by atoms with Crippen LogP contribution in [0.15, 0.2) is 18.3 Å². The summed E-state index contributed by atoms with van der Waals surface area (Å²) in [5.41, 5.74) is 1.84. The Morgan fingerprint density at radius 2 is 1.97 bits per heavy atom. The molecule has 1 fully saturated rings. The Labute approximate surface area is 183 Å². The first kappa shape index (κ1) is 20.9. The van der Waals surface area contributed by atoms with Gasteiger partial charge in [0.2, 0.25) is 0 Å². The van der Waals surface area contributed by atoms with Gasteiger partial charge in [0.1, 0.15) is 9.71 Å². The van der Waals surface area contributed by atoms with Gasteiger partial charge in [0.25, 0.3) is 11.8 Å². The fraction of sp³-hybridized carbons (Fsp3) is 0.476. The molecule has 0 unspecified atom stereocenters. The third-order valence-electron chi connectivity index (χ3n) is 5.77. The smallest absolute Gasteiger partial charge is 0.264 e. The Balaban J connectivity index is 1.45. The van der Waals surface area contributed by atoms with Crippen molar-refractivity contribution in [2.75, 3.05) is 20.6 Å². The molecule has 0 bridgehead atoms. The number of hydrogen-bond acceptors (Lipinski definition) is 7. The first-order valence-corrected chi connectivity index (χ1v) is 11.7. The maximum atomic E-state index is 12.8. The largest absolute Gasteiger partial charge is 0.351 e. The molecule has 158 valence electrons. The van der Waals surface area contributed by atoms with E-state index in [-0.39, 0.29) is 11.8 Å². The number of nitrogens with zero attached hydrogens (tertiary/aromatic N) is 4. The number of thiophene rings is 1. The lowest BCUT2D eigenvalue weighted by Gasteiger charge is -2.29. The van der Waals surface area contributed by atoms with Gasteiger partial charge in [0.15, 0.2) is 0 Å². The highest BCUT2D eigenvalue weighted by Crippen LogP contribution is 2.43. The summed E-state index contributed by atoms with van der Waals surface area (Å²) in [5.74, 6) is 0.762. The lowest BCUT2D eigenvalue weighted by atomic mass is 9.78. The van der Waals surface area contributed by atoms with Crippen LogP contribution in [0.2, 0.25) is 0 Å². The molecule has 4 rings (SSSR count). The molecule has 0 radical (unpaired) electrons. The number of hydrogen-bond donors (Lipinski definition) is 1. The van der Waals surface area contributed by atoms with Gasteiger partial charge in [-0.3, -0.25) is 9.59 Å². The Hall–Kier alpha value is -2.39. The summed E-state index contributed by atoms with van der Waals surface area (Å²) in [6, 6.07) is 4.03. The standard InChI is InChI=1S/C21H25N5O2S2/c1-12-17(30-25-24-12)19(27)23-11-13-6-8-14(9-7-13)16-15-5-4-10-22-20(15)29-18(16)21(28)26(2)3/h4-5,10,13-14H,6-9,11H2,1-3H3,(H,23,27). The van der Waals surface area contributed by atoms with Crippen molar-refractivity contribution in [2.45, 2.75) is 38.5 Å². The van der Waals surface area contributed by atoms with Crippen molar-refractivity contribution in [3.63, 3.8) is 0 Å². The van der Waals surface area contributed by atoms with E-state index in [0.29, 0.717) is 29.0 Å². The maximum absolute atomic E-state index is 12.8. The quantitative estimate of drug-likeness (QED) is 0.647. The summed E-state index contributed by atoms with van der Waals surface area (Å²) in [6.07, 6.45) is 5.86. The molecule has 1 aliphatic carbocycles. The van der Waals surface area contributed by atoms with Crippen LogP contribution < -0.4 is 5.32 Å². The molecule has 1 aliphatic rings. The predicted octanol–water partition coefficient (Wildman–Crippen LogP) is 3.86. The monoisotopic (exact) mass is 443 g/mol. The number of nitrogens with one attached hydrogen (secondary N) is 1. The van der Waals surface area contributed by atoms with Crippen LogP contribution in [0.25, 0.3) is 10.2 Å². The van der Waals surface area contributed by atoms with Crippen molar-refractivity contribution in [3.8, 4) is 0 Å². The van der Waals surface area contributed by atoms with Crippen LogP contribution in [0.3, 0.4) is 0 Å². The van der Waals surface area contributed by atoms with E-state index in [0.717, 1.165) is 57.9 Å². The van der Waals surface area contributed by atoms with E-state index in [2.05, 4.69) is 26.0 Å². The van der Waals surface area contributed by atoms with E-state index >= 15 is 0 Å². The summed E-state index contributed by atoms with van der Waals surface area (Å²) in [4.78, 5) is 33.6. The second kappa shape index (κ2) is 8.77. The molecule has 9 heteroatoms. The summed E-state index contributed by atoms with van der Waals surface area (Å²) in [7, 11) is 3.59. The second-order valence-electron chi connectivity index (χ2n) is 8.02. The van der Waals surface area contributed by atoms with E-state index < -0.39 is 0 Å². The third kappa shape index (κ3) is 4.09. The fourth-order valence-electron chi connectivity index (χ4n) is 4.13. The van der Waals surface area contributed by atoms with Gasteiger partial charge in [0, 0.05) is 32.2 Å². The summed E-state index contributed by atoms with van der Waals surface area (Å²) in [6.45, 7) is 2.47. The van der Waals surface area contributed by atoms with Crippen molar-refractivity contribution in [3.05, 3.63) is 39.3 Å². The van der Waals surface area contributed by atoms with Crippen LogP contribution in [0.1, 0.15) is 62.2 Å². The maximum Gasteiger partial charge on any atom is 0.264 e. The first-order chi connectivity index (χ1) is 14.5. The van der Waals surface area contributed by atoms with Gasteiger partial charge in [-0.25, -0.2) is 4.98 Å². The van der Waals surface area contributed by atoms with Gasteiger partial charge in [-0.15, -0.1) is 16.4 Å². The zero-order chi connectivity index (χ0) is 21.3. The minimum absolute atomic E-state index is 0.0518. The Morgan fingerprint density at radius 1 is 1.20 bits per heavy atom. The van der Waals surface area contributed by atoms with Gasteiger partial charge in [0.05, 0.1) is 10.6 Å². The van der Waals surface area contributed by atoms with E-state index in [1.165, 1.54) is 11.3 Å². The number of carbonyl (C=O) groups excluding carboxylic acids is 2. The van der Waals surface area contributed by atoms with Crippen LogP contribution in [-0.2, 0) is 0 Å². The average Bonchev–Trinajstić information content (AvgIpc) is 3.35. The first-order valence-electron chi connectivity index (χ1n) is 10.1. The van der Waals surface area contributed by atoms with Gasteiger partial charge in [-0.1, -0.05) is 10.6 Å². The normalized spacial score (nSPS) is 19.0. The zero-order valence-corrected chi connectivity index (χ0v) is 19.0. The van der Waals surface area contributed by atoms with Crippen LogP contribution in [-0.4, -0.2) is 51.9 Å². The highest BCUT2D eigenvalue weighted by molar-refractivity contribution is 7.20. The van der Waals surface area contributed by atoms with Crippen molar-refractivity contribution < 1.29 is 9.59 Å². The van der Waals surface area contributed by atoms with Crippen molar-refractivity contribution >= 4 is 44.9 Å². The second-order valence-corrected chi connectivity index (χ2v) is 9.77. The molecule has 3 aromatic rings. The van der Waals surface area contributed by atoms with Crippen LogP contribution >= 0.6 is 22.9 Å². The average molecular weight is 444 g/mol. The highest BCUT2D eigenvalue weighted by Gasteiger charge is 2.30. The molecule has 30 heavy (non-hydrogen) atoms. The molecular formula is C21H25N5O2S2. The molecule has 0 atom stereocenters. The molecule has 1 N–H and O–H groups in total. The molecule has 2 amide bonds. The molecule has 0 spiro atoms. The third-order valence-corrected chi connectivity index (χ3v) is 7.71. The molecule has 0 saturated heterocycles. The molecule has 0 aliphatic heterocycles. The van der Waals surface area contributed by atoms with Gasteiger partial charge in [-0.2, -0.15) is 0 Å². The van der Waals surface area contributed by atoms with Crippen LogP contribution in [0, 0.1) is 12.8 Å². The fourth-order valence-corrected chi connectivity index (χ4v) is 5.95. The van der Waals surface area contributed by atoms with Gasteiger partial charge < -0.3 is 10.2 Å². The molecule has 3 aromatic heterocycles. The summed E-state index contributed by atoms with van der Waals surface area (Å²) < 4.78 is 3.83. The number of pyridine rings is 1. The lowest BCUT2D eigenvalue weighted by molar-refractivity contribution is 0.0829. The number of rotatable bonds is 5. The number of carbonyl (C=O) groups is 2. The number of fused-ring (bicyclic) bond motifs is 1. The summed E-state index contributed by atoms with van der Waals surface area (Å²) >= 11 is 2.64. The number of amides is 2. The zero-order valence-electron chi connectivity index (χ0n) is 17.3. The van der Waals surface area contributed by atoms with Crippen molar-refractivity contribution in [1.29, 1.82) is 0 Å². The lowest BCUT2D eigenvalue weighted by Crippen LogP contribution is -2.31. The van der Waals surface area contributed by atoms with Crippen molar-refractivity contribution in [1.82, 2.24) is 24.8 Å². The molecule has 7 nitrogen and oxygen atoms in total. The van der Waals surface area contributed by atoms with Gasteiger partial charge >= 0.3 is 0 Å². The van der Waals surface area contributed by atoms with E-state index in [1.54, 1.807) is 32.1 Å². The van der Waals surface area contributed by atoms with Crippen LogP contribution in [0.5, 0.6) is 0 Å². The Bertz CT molecular complexity index is 1070. The topological polar surface area (TPSA) is 88.1 Å². The SMILES string of the molecule is Cc1nnsc1C(=O)NCC1CCC(c2c(C(=O)N(C)C)sc3ncccc23)CC1. The molecule has 3 heterocycles. The van der Waals surface area contributed by atoms with E-state index in [9.17, 15) is 9.59 Å². The minimum atomic E-state index is -0.0848. The van der Waals surface area contributed by atoms with E-state index in [4.69, 9.17) is 0 Å². The molecule has 1 saturated carbocycles. The Morgan fingerprint density at radius 3 is 2.63 bits per heavy atom. The predicted molar refractivity (Wildman–Crippen MR) is 119 cm³/mol. The minimum Gasteiger partial charge on any atom is -0.351 e.